The third-order valence-electron chi connectivity index (χ3n) is 5.97. The second-order valence-corrected chi connectivity index (χ2v) is 10.4. The number of hydrogen-bond acceptors (Lipinski definition) is 10. The summed E-state index contributed by atoms with van der Waals surface area (Å²) in [6.07, 6.45) is 3.29. The molecule has 0 bridgehead atoms. The van der Waals surface area contributed by atoms with Gasteiger partial charge in [-0.3, -0.25) is 9.29 Å². The molecule has 35 heavy (non-hydrogen) atoms. The lowest BCUT2D eigenvalue weighted by Gasteiger charge is -2.37. The molecule has 188 valence electrons. The Kier molecular flexibility index (Phi) is 7.50. The number of pyridine rings is 1. The summed E-state index contributed by atoms with van der Waals surface area (Å²) in [5, 5.41) is 7.66. The molecule has 14 heteroatoms. The largest absolute Gasteiger partial charge is 0.481 e. The predicted molar refractivity (Wildman–Crippen MR) is 128 cm³/mol. The summed E-state index contributed by atoms with van der Waals surface area (Å²) in [4.78, 5) is 12.7. The van der Waals surface area contributed by atoms with Gasteiger partial charge in [0, 0.05) is 32.7 Å². The van der Waals surface area contributed by atoms with Gasteiger partial charge in [0.25, 0.3) is 0 Å². The number of nitrogens with one attached hydrogen (secondary N) is 1. The van der Waals surface area contributed by atoms with Crippen LogP contribution in [0.1, 0.15) is 37.7 Å². The van der Waals surface area contributed by atoms with Crippen molar-refractivity contribution in [3.8, 4) is 17.4 Å². The molecular formula is C21H26ClN7O5S. The average Bonchev–Trinajstić information content (AvgIpc) is 3.22. The van der Waals surface area contributed by atoms with Crippen LogP contribution in [0.4, 0.5) is 5.95 Å². The molecular weight excluding hydrogens is 498 g/mol. The van der Waals surface area contributed by atoms with Gasteiger partial charge in [-0.25, -0.2) is 23.4 Å². The Morgan fingerprint density at radius 2 is 1.89 bits per heavy atom. The number of aromatic nitrogens is 6. The molecule has 0 aromatic carbocycles. The first-order chi connectivity index (χ1) is 16.8. The van der Waals surface area contributed by atoms with Gasteiger partial charge in [-0.15, -0.1) is 10.2 Å². The van der Waals surface area contributed by atoms with E-state index in [1.807, 2.05) is 0 Å². The maximum absolute atomic E-state index is 13.4. The van der Waals surface area contributed by atoms with Gasteiger partial charge in [0.15, 0.2) is 11.6 Å². The topological polar surface area (TPSA) is 143 Å². The van der Waals surface area contributed by atoms with Crippen molar-refractivity contribution in [3.63, 3.8) is 0 Å². The molecule has 1 fully saturated rings. The van der Waals surface area contributed by atoms with Crippen LogP contribution in [-0.4, -0.2) is 70.8 Å². The maximum Gasteiger partial charge on any atom is 0.240 e. The van der Waals surface area contributed by atoms with Crippen LogP contribution in [0.25, 0.3) is 11.5 Å². The fourth-order valence-electron chi connectivity index (χ4n) is 3.88. The second kappa shape index (κ2) is 10.4. The van der Waals surface area contributed by atoms with Gasteiger partial charge in [0.05, 0.1) is 24.3 Å². The zero-order valence-electron chi connectivity index (χ0n) is 19.6. The van der Waals surface area contributed by atoms with E-state index in [2.05, 4.69) is 29.9 Å². The van der Waals surface area contributed by atoms with E-state index < -0.39 is 21.4 Å². The van der Waals surface area contributed by atoms with E-state index >= 15 is 0 Å². The van der Waals surface area contributed by atoms with Crippen molar-refractivity contribution in [2.75, 3.05) is 26.1 Å². The molecule has 0 radical (unpaired) electrons. The van der Waals surface area contributed by atoms with Gasteiger partial charge in [0.1, 0.15) is 17.0 Å². The summed E-state index contributed by atoms with van der Waals surface area (Å²) in [7, 11) is 0.496. The van der Waals surface area contributed by atoms with E-state index in [1.54, 1.807) is 29.9 Å². The molecule has 0 amide bonds. The van der Waals surface area contributed by atoms with Crippen LogP contribution in [0.5, 0.6) is 5.88 Å². The number of anilines is 1. The Bertz CT molecular complexity index is 1270. The third kappa shape index (κ3) is 5.08. The molecule has 12 nitrogen and oxygen atoms in total. The van der Waals surface area contributed by atoms with Crippen LogP contribution in [-0.2, 0) is 19.5 Å². The lowest BCUT2D eigenvalue weighted by molar-refractivity contribution is -0.00771. The van der Waals surface area contributed by atoms with E-state index in [4.69, 9.17) is 25.8 Å². The van der Waals surface area contributed by atoms with E-state index in [0.29, 0.717) is 22.4 Å². The first-order valence-electron chi connectivity index (χ1n) is 10.8. The van der Waals surface area contributed by atoms with Crippen molar-refractivity contribution < 1.29 is 22.6 Å². The van der Waals surface area contributed by atoms with Crippen molar-refractivity contribution in [1.29, 1.82) is 0 Å². The maximum atomic E-state index is 13.4. The lowest BCUT2D eigenvalue weighted by atomic mass is 9.88. The molecule has 4 atom stereocenters. The summed E-state index contributed by atoms with van der Waals surface area (Å²) >= 11 is 5.86. The quantitative estimate of drug-likeness (QED) is 0.421. The number of rotatable bonds is 10. The molecule has 0 spiro atoms. The van der Waals surface area contributed by atoms with Gasteiger partial charge < -0.3 is 14.2 Å². The fourth-order valence-corrected chi connectivity index (χ4v) is 5.12. The number of sulfonamides is 1. The van der Waals surface area contributed by atoms with Crippen LogP contribution in [0.15, 0.2) is 30.6 Å². The van der Waals surface area contributed by atoms with E-state index in [9.17, 15) is 8.42 Å². The highest BCUT2D eigenvalue weighted by molar-refractivity contribution is 7.93. The zero-order chi connectivity index (χ0) is 25.2. The van der Waals surface area contributed by atoms with Gasteiger partial charge >= 0.3 is 0 Å². The summed E-state index contributed by atoms with van der Waals surface area (Å²) in [6.45, 7) is 1.50. The monoisotopic (exact) mass is 523 g/mol. The van der Waals surface area contributed by atoms with Gasteiger partial charge in [-0.05, 0) is 25.8 Å². The summed E-state index contributed by atoms with van der Waals surface area (Å²) in [5.74, 6) is 1.03. The Hall–Kier alpha value is -2.87. The highest BCUT2D eigenvalue weighted by Gasteiger charge is 2.39. The molecule has 3 aromatic rings. The van der Waals surface area contributed by atoms with Gasteiger partial charge in [-0.1, -0.05) is 17.7 Å². The molecule has 0 saturated heterocycles. The Balaban J connectivity index is 1.69. The first kappa shape index (κ1) is 25.2. The predicted octanol–water partition coefficient (Wildman–Crippen LogP) is 2.66. The molecule has 1 aliphatic carbocycles. The van der Waals surface area contributed by atoms with E-state index in [1.165, 1.54) is 33.5 Å². The molecule has 4 rings (SSSR count). The summed E-state index contributed by atoms with van der Waals surface area (Å²) in [5.41, 5.74) is 0.487. The van der Waals surface area contributed by atoms with Crippen LogP contribution in [0.2, 0.25) is 5.02 Å². The summed E-state index contributed by atoms with van der Waals surface area (Å²) in [6, 6.07) is 5.06. The zero-order valence-corrected chi connectivity index (χ0v) is 21.2. The normalized spacial score (nSPS) is 19.6. The Morgan fingerprint density at radius 1 is 1.14 bits per heavy atom. The van der Waals surface area contributed by atoms with Crippen LogP contribution < -0.4 is 9.46 Å². The number of hydrogen-bond donors (Lipinski definition) is 1. The van der Waals surface area contributed by atoms with Crippen molar-refractivity contribution in [3.05, 3.63) is 41.4 Å². The smallest absolute Gasteiger partial charge is 0.240 e. The molecule has 0 aliphatic heterocycles. The number of ether oxygens (including phenoxy) is 3. The van der Waals surface area contributed by atoms with Crippen LogP contribution in [0, 0.1) is 0 Å². The van der Waals surface area contributed by atoms with Crippen molar-refractivity contribution in [2.24, 2.45) is 0 Å². The highest BCUT2D eigenvalue weighted by atomic mass is 35.5. The second-order valence-electron chi connectivity index (χ2n) is 7.97. The van der Waals surface area contributed by atoms with Crippen LogP contribution in [0.3, 0.4) is 0 Å². The van der Waals surface area contributed by atoms with Crippen molar-refractivity contribution >= 4 is 27.6 Å². The molecule has 3 heterocycles. The number of methoxy groups -OCH3 is 3. The molecule has 1 N–H and O–H groups in total. The van der Waals surface area contributed by atoms with Gasteiger partial charge in [-0.2, -0.15) is 0 Å². The number of nitrogens with zero attached hydrogens (tertiary/aromatic N) is 6. The first-order valence-corrected chi connectivity index (χ1v) is 12.7. The highest BCUT2D eigenvalue weighted by Crippen LogP contribution is 2.39. The standard InChI is InChI=1S/C21H26ClN7O5S/c1-12(18(34-4)19-23-10-13(22)11-24-19)35(30,31)28-21-27-26-20(14-6-5-7-17(25-14)33-3)29(21)15-8-9-16(15)32-2/h5-7,10-12,15-16,18H,8-9H2,1-4H3,(H,27,28)/t12-,15+,16+,18-/m0/s1. The minimum absolute atomic E-state index is 0.0510. The third-order valence-corrected chi connectivity index (χ3v) is 7.85. The Labute approximate surface area is 208 Å². The average molecular weight is 524 g/mol. The molecule has 1 saturated carbocycles. The fraction of sp³-hybridized carbons (Fsp3) is 0.476. The lowest BCUT2D eigenvalue weighted by Crippen LogP contribution is -2.38. The molecule has 1 aliphatic rings. The Morgan fingerprint density at radius 3 is 2.49 bits per heavy atom. The minimum atomic E-state index is -4.03. The molecule has 3 aromatic heterocycles. The van der Waals surface area contributed by atoms with Crippen molar-refractivity contribution in [1.82, 2.24) is 29.7 Å². The molecule has 0 unspecified atom stereocenters. The van der Waals surface area contributed by atoms with E-state index in [-0.39, 0.29) is 23.9 Å². The SMILES string of the molecule is COc1cccc(-c2nnc(NS(=O)(=O)[C@@H](C)[C@H](OC)c3ncc(Cl)cn3)n2[C@@H]2CC[C@H]2OC)n1. The number of halogens is 1. The van der Waals surface area contributed by atoms with Crippen LogP contribution >= 0.6 is 11.6 Å². The van der Waals surface area contributed by atoms with Crippen molar-refractivity contribution in [2.45, 2.75) is 43.3 Å². The van der Waals surface area contributed by atoms with E-state index in [0.717, 1.165) is 12.8 Å². The summed E-state index contributed by atoms with van der Waals surface area (Å²) < 4.78 is 47.3. The minimum Gasteiger partial charge on any atom is -0.481 e. The van der Waals surface area contributed by atoms with Gasteiger partial charge in [0.2, 0.25) is 21.9 Å².